The number of hydrogen-bond donors (Lipinski definition) is 0. The monoisotopic (exact) mass is 299 g/mol. The van der Waals surface area contributed by atoms with Gasteiger partial charge in [0.15, 0.2) is 0 Å². The topological polar surface area (TPSA) is 12.4 Å². The van der Waals surface area contributed by atoms with Crippen LogP contribution in [0.25, 0.3) is 11.1 Å². The number of benzene rings is 3. The van der Waals surface area contributed by atoms with Gasteiger partial charge in [0.1, 0.15) is 0 Å². The Balaban J connectivity index is 2.01. The number of rotatable bonds is 4. The summed E-state index contributed by atoms with van der Waals surface area (Å²) in [6.07, 6.45) is 0.909. The Morgan fingerprint density at radius 1 is 0.783 bits per heavy atom. The molecule has 23 heavy (non-hydrogen) atoms. The quantitative estimate of drug-likeness (QED) is 0.509. The molecule has 0 aliphatic heterocycles. The van der Waals surface area contributed by atoms with Crippen LogP contribution in [-0.2, 0) is 0 Å². The maximum atomic E-state index is 4.90. The molecule has 0 heterocycles. The summed E-state index contributed by atoms with van der Waals surface area (Å²) in [4.78, 5) is 4.90. The number of hydrogen-bond acceptors (Lipinski definition) is 1. The maximum absolute atomic E-state index is 4.90. The first-order chi connectivity index (χ1) is 11.3. The third-order valence-electron chi connectivity index (χ3n) is 4.01. The Morgan fingerprint density at radius 2 is 1.48 bits per heavy atom. The van der Waals surface area contributed by atoms with Gasteiger partial charge < -0.3 is 0 Å². The Labute approximate surface area is 138 Å². The average Bonchev–Trinajstić information content (AvgIpc) is 2.62. The van der Waals surface area contributed by atoms with E-state index in [1.165, 1.54) is 22.3 Å². The molecule has 0 N–H and O–H groups in total. The van der Waals surface area contributed by atoms with E-state index in [0.717, 1.165) is 17.8 Å². The molecule has 1 nitrogen and oxygen atoms in total. The standard InChI is InChI=1S/C22H21N/c1-3-21(23-22-15-8-7-10-17(22)2)20-14-9-13-19(16-20)18-11-5-4-6-12-18/h4-16H,3H2,1-2H3. The van der Waals surface area contributed by atoms with Crippen molar-refractivity contribution in [3.05, 3.63) is 90.0 Å². The van der Waals surface area contributed by atoms with Gasteiger partial charge in [-0.3, -0.25) is 4.99 Å². The fourth-order valence-corrected chi connectivity index (χ4v) is 2.69. The van der Waals surface area contributed by atoms with Crippen LogP contribution in [0.4, 0.5) is 5.69 Å². The first kappa shape index (κ1) is 15.2. The summed E-state index contributed by atoms with van der Waals surface area (Å²) in [5, 5.41) is 0. The van der Waals surface area contributed by atoms with Gasteiger partial charge in [-0.1, -0.05) is 73.7 Å². The Hall–Kier alpha value is -2.67. The Morgan fingerprint density at radius 3 is 2.22 bits per heavy atom. The lowest BCUT2D eigenvalue weighted by Gasteiger charge is -2.09. The molecule has 0 amide bonds. The Kier molecular flexibility index (Phi) is 4.68. The second-order valence-corrected chi connectivity index (χ2v) is 5.65. The van der Waals surface area contributed by atoms with Gasteiger partial charge in [0.25, 0.3) is 0 Å². The molecule has 1 heteroatoms. The summed E-state index contributed by atoms with van der Waals surface area (Å²) < 4.78 is 0. The maximum Gasteiger partial charge on any atom is 0.0662 e. The van der Waals surface area contributed by atoms with Crippen molar-refractivity contribution in [3.8, 4) is 11.1 Å². The van der Waals surface area contributed by atoms with E-state index < -0.39 is 0 Å². The van der Waals surface area contributed by atoms with Crippen molar-refractivity contribution in [1.82, 2.24) is 0 Å². The van der Waals surface area contributed by atoms with Crippen LogP contribution >= 0.6 is 0 Å². The van der Waals surface area contributed by atoms with Crippen molar-refractivity contribution in [2.75, 3.05) is 0 Å². The molecular weight excluding hydrogens is 278 g/mol. The van der Waals surface area contributed by atoms with E-state index in [1.807, 2.05) is 12.1 Å². The molecule has 0 saturated carbocycles. The van der Waals surface area contributed by atoms with Gasteiger partial charge >= 0.3 is 0 Å². The summed E-state index contributed by atoms with van der Waals surface area (Å²) in [5.41, 5.74) is 7.04. The van der Waals surface area contributed by atoms with Gasteiger partial charge in [0, 0.05) is 5.71 Å². The predicted molar refractivity (Wildman–Crippen MR) is 99.5 cm³/mol. The molecule has 0 fully saturated rings. The SMILES string of the molecule is CCC(=Nc1ccccc1C)c1cccc(-c2ccccc2)c1. The Bertz CT molecular complexity index is 816. The lowest BCUT2D eigenvalue weighted by Crippen LogP contribution is -1.99. The summed E-state index contributed by atoms with van der Waals surface area (Å²) in [6.45, 7) is 4.26. The van der Waals surface area contributed by atoms with Crippen LogP contribution in [0.5, 0.6) is 0 Å². The van der Waals surface area contributed by atoms with Crippen molar-refractivity contribution >= 4 is 11.4 Å². The zero-order valence-electron chi connectivity index (χ0n) is 13.7. The van der Waals surface area contributed by atoms with Crippen molar-refractivity contribution in [2.45, 2.75) is 20.3 Å². The van der Waals surface area contributed by atoms with Crippen molar-refractivity contribution < 1.29 is 0 Å². The van der Waals surface area contributed by atoms with Crippen molar-refractivity contribution in [1.29, 1.82) is 0 Å². The highest BCUT2D eigenvalue weighted by Crippen LogP contribution is 2.23. The number of para-hydroxylation sites is 1. The molecule has 0 spiro atoms. The molecule has 3 aromatic carbocycles. The van der Waals surface area contributed by atoms with E-state index >= 15 is 0 Å². The highest BCUT2D eigenvalue weighted by atomic mass is 14.7. The van der Waals surface area contributed by atoms with Gasteiger partial charge in [-0.2, -0.15) is 0 Å². The molecule has 3 rings (SSSR count). The molecule has 0 unspecified atom stereocenters. The molecule has 0 aromatic heterocycles. The highest BCUT2D eigenvalue weighted by molar-refractivity contribution is 6.02. The predicted octanol–water partition coefficient (Wildman–Crippen LogP) is 6.19. The third kappa shape index (κ3) is 3.57. The minimum absolute atomic E-state index is 0.909. The minimum Gasteiger partial charge on any atom is -0.253 e. The molecule has 0 atom stereocenters. The van der Waals surface area contributed by atoms with Gasteiger partial charge in [-0.05, 0) is 47.7 Å². The number of nitrogens with zero attached hydrogens (tertiary/aromatic N) is 1. The van der Waals surface area contributed by atoms with E-state index in [9.17, 15) is 0 Å². The van der Waals surface area contributed by atoms with Gasteiger partial charge in [0.2, 0.25) is 0 Å². The van der Waals surface area contributed by atoms with E-state index in [2.05, 4.69) is 80.6 Å². The molecule has 3 aromatic rings. The van der Waals surface area contributed by atoms with Crippen LogP contribution in [0.2, 0.25) is 0 Å². The van der Waals surface area contributed by atoms with Crippen LogP contribution < -0.4 is 0 Å². The fraction of sp³-hybridized carbons (Fsp3) is 0.136. The van der Waals surface area contributed by atoms with E-state index in [1.54, 1.807) is 0 Å². The van der Waals surface area contributed by atoms with E-state index in [0.29, 0.717) is 0 Å². The highest BCUT2D eigenvalue weighted by Gasteiger charge is 2.05. The fourth-order valence-electron chi connectivity index (χ4n) is 2.69. The number of aliphatic imine (C=N–C) groups is 1. The number of aryl methyl sites for hydroxylation is 1. The molecular formula is C22H21N. The van der Waals surface area contributed by atoms with E-state index in [4.69, 9.17) is 4.99 Å². The molecule has 0 saturated heterocycles. The lowest BCUT2D eigenvalue weighted by molar-refractivity contribution is 1.25. The zero-order chi connectivity index (χ0) is 16.1. The largest absolute Gasteiger partial charge is 0.253 e. The molecule has 0 radical (unpaired) electrons. The van der Waals surface area contributed by atoms with E-state index in [-0.39, 0.29) is 0 Å². The van der Waals surface area contributed by atoms with Crippen LogP contribution in [0, 0.1) is 6.92 Å². The molecule has 0 bridgehead atoms. The molecule has 0 aliphatic rings. The summed E-state index contributed by atoms with van der Waals surface area (Å²) in [5.74, 6) is 0. The smallest absolute Gasteiger partial charge is 0.0662 e. The summed E-state index contributed by atoms with van der Waals surface area (Å²) in [6, 6.07) is 27.4. The van der Waals surface area contributed by atoms with Gasteiger partial charge in [-0.15, -0.1) is 0 Å². The summed E-state index contributed by atoms with van der Waals surface area (Å²) >= 11 is 0. The normalized spacial score (nSPS) is 11.5. The lowest BCUT2D eigenvalue weighted by atomic mass is 10.00. The van der Waals surface area contributed by atoms with Gasteiger partial charge in [0.05, 0.1) is 5.69 Å². The molecule has 0 aliphatic carbocycles. The third-order valence-corrected chi connectivity index (χ3v) is 4.01. The van der Waals surface area contributed by atoms with Gasteiger partial charge in [-0.25, -0.2) is 0 Å². The zero-order valence-corrected chi connectivity index (χ0v) is 13.7. The van der Waals surface area contributed by atoms with Crippen molar-refractivity contribution in [2.24, 2.45) is 4.99 Å². The summed E-state index contributed by atoms with van der Waals surface area (Å²) in [7, 11) is 0. The minimum atomic E-state index is 0.909. The van der Waals surface area contributed by atoms with Crippen molar-refractivity contribution in [3.63, 3.8) is 0 Å². The second-order valence-electron chi connectivity index (χ2n) is 5.65. The first-order valence-corrected chi connectivity index (χ1v) is 8.07. The van der Waals surface area contributed by atoms with Crippen LogP contribution in [0.15, 0.2) is 83.9 Å². The van der Waals surface area contributed by atoms with Crippen LogP contribution in [0.1, 0.15) is 24.5 Å². The second kappa shape index (κ2) is 7.06. The van der Waals surface area contributed by atoms with Crippen LogP contribution in [0.3, 0.4) is 0 Å². The average molecular weight is 299 g/mol. The first-order valence-electron chi connectivity index (χ1n) is 8.07. The van der Waals surface area contributed by atoms with Crippen LogP contribution in [-0.4, -0.2) is 5.71 Å². The molecule has 114 valence electrons.